The Morgan fingerprint density at radius 1 is 1.08 bits per heavy atom. The van der Waals surface area contributed by atoms with E-state index in [-0.39, 0.29) is 11.8 Å². The number of carbonyl (C=O) groups excluding carboxylic acids is 2. The van der Waals surface area contributed by atoms with Crippen molar-refractivity contribution in [2.24, 2.45) is 0 Å². The molecule has 5 nitrogen and oxygen atoms in total. The highest BCUT2D eigenvalue weighted by Crippen LogP contribution is 2.29. The fourth-order valence-electron chi connectivity index (χ4n) is 3.03. The van der Waals surface area contributed by atoms with Gasteiger partial charge in [0.2, 0.25) is 5.91 Å². The molecule has 1 aliphatic rings. The van der Waals surface area contributed by atoms with Crippen LogP contribution in [-0.2, 0) is 24.4 Å². The number of hydrogen-bond acceptors (Lipinski definition) is 3. The fourth-order valence-corrected chi connectivity index (χ4v) is 3.03. The van der Waals surface area contributed by atoms with Crippen molar-refractivity contribution in [3.8, 4) is 0 Å². The van der Waals surface area contributed by atoms with Gasteiger partial charge in [-0.15, -0.1) is 0 Å². The van der Waals surface area contributed by atoms with E-state index in [2.05, 4.69) is 28.5 Å². The summed E-state index contributed by atoms with van der Waals surface area (Å²) in [5.74, 6) is -0.185. The minimum Gasteiger partial charge on any atom is -0.352 e. The van der Waals surface area contributed by atoms with Crippen LogP contribution in [0.3, 0.4) is 0 Å². The Labute approximate surface area is 148 Å². The van der Waals surface area contributed by atoms with Gasteiger partial charge < -0.3 is 10.6 Å². The number of benzene rings is 2. The fraction of sp³-hybridized carbons (Fsp3) is 0.300. The van der Waals surface area contributed by atoms with Crippen molar-refractivity contribution >= 4 is 17.5 Å². The molecule has 0 bridgehead atoms. The van der Waals surface area contributed by atoms with Gasteiger partial charge in [0, 0.05) is 37.8 Å². The summed E-state index contributed by atoms with van der Waals surface area (Å²) in [6.07, 6.45) is 0. The van der Waals surface area contributed by atoms with Crippen molar-refractivity contribution in [3.05, 3.63) is 64.7 Å². The van der Waals surface area contributed by atoms with E-state index >= 15 is 0 Å². The van der Waals surface area contributed by atoms with Crippen molar-refractivity contribution in [2.75, 3.05) is 11.9 Å². The van der Waals surface area contributed by atoms with Crippen LogP contribution in [0, 0.1) is 0 Å². The molecule has 1 heterocycles. The lowest BCUT2D eigenvalue weighted by Crippen LogP contribution is -2.19. The third kappa shape index (κ3) is 4.06. The Balaban J connectivity index is 1.69. The van der Waals surface area contributed by atoms with Gasteiger partial charge >= 0.3 is 0 Å². The summed E-state index contributed by atoms with van der Waals surface area (Å²) in [5.41, 5.74) is 4.95. The Bertz CT molecular complexity index is 784. The first-order valence-electron chi connectivity index (χ1n) is 8.54. The van der Waals surface area contributed by atoms with Crippen molar-refractivity contribution in [3.63, 3.8) is 0 Å². The van der Waals surface area contributed by atoms with Crippen LogP contribution in [0.5, 0.6) is 0 Å². The zero-order valence-corrected chi connectivity index (χ0v) is 14.6. The number of fused-ring (bicyclic) bond motifs is 1. The first-order chi connectivity index (χ1) is 12.1. The smallest absolute Gasteiger partial charge is 0.255 e. The lowest BCUT2D eigenvalue weighted by atomic mass is 10.1. The summed E-state index contributed by atoms with van der Waals surface area (Å²) < 4.78 is 0. The van der Waals surface area contributed by atoms with Crippen LogP contribution < -0.4 is 10.6 Å². The Hall–Kier alpha value is -2.66. The number of nitrogens with zero attached hydrogens (tertiary/aromatic N) is 1. The van der Waals surface area contributed by atoms with E-state index in [1.165, 1.54) is 18.1 Å². The zero-order chi connectivity index (χ0) is 17.8. The first-order valence-corrected chi connectivity index (χ1v) is 8.54. The first kappa shape index (κ1) is 17.2. The van der Waals surface area contributed by atoms with Crippen LogP contribution in [0.25, 0.3) is 0 Å². The third-order valence-corrected chi connectivity index (χ3v) is 4.50. The number of carbonyl (C=O) groups is 2. The second-order valence-electron chi connectivity index (χ2n) is 6.31. The lowest BCUT2D eigenvalue weighted by molar-refractivity contribution is -0.119. The molecule has 5 heteroatoms. The minimum absolute atomic E-state index is 0.0686. The topological polar surface area (TPSA) is 61.4 Å². The molecule has 1 aliphatic heterocycles. The summed E-state index contributed by atoms with van der Waals surface area (Å²) >= 11 is 0. The predicted molar refractivity (Wildman–Crippen MR) is 98.1 cm³/mol. The summed E-state index contributed by atoms with van der Waals surface area (Å²) in [5, 5.41) is 5.78. The lowest BCUT2D eigenvalue weighted by Gasteiger charge is -2.12. The monoisotopic (exact) mass is 337 g/mol. The second kappa shape index (κ2) is 7.49. The van der Waals surface area contributed by atoms with E-state index in [1.807, 2.05) is 24.3 Å². The number of hydrogen-bond donors (Lipinski definition) is 2. The highest BCUT2D eigenvalue weighted by atomic mass is 16.2. The van der Waals surface area contributed by atoms with Crippen molar-refractivity contribution in [1.29, 1.82) is 0 Å². The van der Waals surface area contributed by atoms with Crippen LogP contribution >= 0.6 is 0 Å². The average Bonchev–Trinajstić information content (AvgIpc) is 3.05. The summed E-state index contributed by atoms with van der Waals surface area (Å²) in [6.45, 7) is 6.91. The summed E-state index contributed by atoms with van der Waals surface area (Å²) in [7, 11) is 0. The molecule has 2 N–H and O–H groups in total. The van der Waals surface area contributed by atoms with E-state index in [4.69, 9.17) is 0 Å². The van der Waals surface area contributed by atoms with Crippen LogP contribution in [0.2, 0.25) is 0 Å². The molecule has 0 saturated carbocycles. The molecule has 0 radical (unpaired) electrons. The van der Waals surface area contributed by atoms with Gasteiger partial charge in [-0.3, -0.25) is 14.5 Å². The van der Waals surface area contributed by atoms with Crippen LogP contribution in [-0.4, -0.2) is 23.3 Å². The summed E-state index contributed by atoms with van der Waals surface area (Å²) in [4.78, 5) is 25.8. The standard InChI is InChI=1S/C20H23N3O2/c1-3-23-12-17-5-4-6-19(18(17)13-23)22-20(25)16-9-7-15(8-10-16)11-21-14(2)24/h4-10H,3,11-13H2,1-2H3,(H,21,24)(H,22,25). The highest BCUT2D eigenvalue weighted by Gasteiger charge is 2.21. The molecule has 2 aromatic rings. The Kier molecular flexibility index (Phi) is 5.14. The third-order valence-electron chi connectivity index (χ3n) is 4.50. The predicted octanol–water partition coefficient (Wildman–Crippen LogP) is 2.91. The average molecular weight is 337 g/mol. The maximum atomic E-state index is 12.5. The van der Waals surface area contributed by atoms with Gasteiger partial charge in [-0.2, -0.15) is 0 Å². The number of nitrogens with one attached hydrogen (secondary N) is 2. The molecule has 130 valence electrons. The molecule has 0 aromatic heterocycles. The van der Waals surface area contributed by atoms with E-state index < -0.39 is 0 Å². The molecule has 0 saturated heterocycles. The normalized spacial score (nSPS) is 13.4. The van der Waals surface area contributed by atoms with Gasteiger partial charge in [-0.1, -0.05) is 31.2 Å². The van der Waals surface area contributed by atoms with Crippen LogP contribution in [0.1, 0.15) is 40.9 Å². The molecule has 2 amide bonds. The van der Waals surface area contributed by atoms with E-state index in [0.717, 1.165) is 30.9 Å². The van der Waals surface area contributed by atoms with Gasteiger partial charge in [0.25, 0.3) is 5.91 Å². The maximum Gasteiger partial charge on any atom is 0.255 e. The van der Waals surface area contributed by atoms with E-state index in [1.54, 1.807) is 12.1 Å². The van der Waals surface area contributed by atoms with Gasteiger partial charge in [0.1, 0.15) is 0 Å². The number of rotatable bonds is 5. The molecule has 0 fully saturated rings. The van der Waals surface area contributed by atoms with Gasteiger partial charge in [-0.25, -0.2) is 0 Å². The van der Waals surface area contributed by atoms with Gasteiger partial charge in [-0.05, 0) is 41.4 Å². The molecule has 2 aromatic carbocycles. The molecule has 0 aliphatic carbocycles. The number of anilines is 1. The molecule has 25 heavy (non-hydrogen) atoms. The Morgan fingerprint density at radius 3 is 2.52 bits per heavy atom. The molecule has 3 rings (SSSR count). The molecule has 0 atom stereocenters. The largest absolute Gasteiger partial charge is 0.352 e. The van der Waals surface area contributed by atoms with Gasteiger partial charge in [0.15, 0.2) is 0 Å². The SMILES string of the molecule is CCN1Cc2cccc(NC(=O)c3ccc(CNC(C)=O)cc3)c2C1. The van der Waals surface area contributed by atoms with Crippen molar-refractivity contribution < 1.29 is 9.59 Å². The van der Waals surface area contributed by atoms with Crippen molar-refractivity contribution in [2.45, 2.75) is 33.5 Å². The van der Waals surface area contributed by atoms with Crippen LogP contribution in [0.4, 0.5) is 5.69 Å². The second-order valence-corrected chi connectivity index (χ2v) is 6.31. The number of amides is 2. The maximum absolute atomic E-state index is 12.5. The van der Waals surface area contributed by atoms with E-state index in [0.29, 0.717) is 12.1 Å². The molecular formula is C20H23N3O2. The highest BCUT2D eigenvalue weighted by molar-refractivity contribution is 6.04. The van der Waals surface area contributed by atoms with Gasteiger partial charge in [0.05, 0.1) is 0 Å². The van der Waals surface area contributed by atoms with Crippen LogP contribution in [0.15, 0.2) is 42.5 Å². The Morgan fingerprint density at radius 2 is 1.84 bits per heavy atom. The van der Waals surface area contributed by atoms with E-state index in [9.17, 15) is 9.59 Å². The molecule has 0 spiro atoms. The van der Waals surface area contributed by atoms with Crippen molar-refractivity contribution in [1.82, 2.24) is 10.2 Å². The minimum atomic E-state index is -0.116. The quantitative estimate of drug-likeness (QED) is 0.882. The molecule has 0 unspecified atom stereocenters. The zero-order valence-electron chi connectivity index (χ0n) is 14.6. The summed E-state index contributed by atoms with van der Waals surface area (Å²) in [6, 6.07) is 13.4. The molecular weight excluding hydrogens is 314 g/mol.